The van der Waals surface area contributed by atoms with Crippen LogP contribution in [0.3, 0.4) is 0 Å². The molecule has 0 aromatic carbocycles. The van der Waals surface area contributed by atoms with Crippen LogP contribution in [0.2, 0.25) is 0 Å². The molecule has 0 bridgehead atoms. The normalized spacial score (nSPS) is 19.3. The summed E-state index contributed by atoms with van der Waals surface area (Å²) < 4.78 is 5.44. The molecule has 0 radical (unpaired) electrons. The third kappa shape index (κ3) is 4.51. The Morgan fingerprint density at radius 2 is 2.19 bits per heavy atom. The van der Waals surface area contributed by atoms with Gasteiger partial charge in [0, 0.05) is 29.4 Å². The zero-order valence-corrected chi connectivity index (χ0v) is 13.6. The molecule has 0 aliphatic carbocycles. The van der Waals surface area contributed by atoms with Crippen molar-refractivity contribution in [3.8, 4) is 0 Å². The van der Waals surface area contributed by atoms with Gasteiger partial charge in [-0.15, -0.1) is 11.3 Å². The van der Waals surface area contributed by atoms with Crippen LogP contribution in [-0.2, 0) is 9.53 Å². The van der Waals surface area contributed by atoms with Crippen molar-refractivity contribution >= 4 is 17.2 Å². The molecule has 1 aromatic rings. The average molecular weight is 311 g/mol. The summed E-state index contributed by atoms with van der Waals surface area (Å²) in [5.41, 5.74) is 5.42. The molecule has 0 spiro atoms. The van der Waals surface area contributed by atoms with Crippen molar-refractivity contribution in [3.05, 3.63) is 21.9 Å². The van der Waals surface area contributed by atoms with Crippen molar-refractivity contribution in [1.82, 2.24) is 10.2 Å². The van der Waals surface area contributed by atoms with Crippen LogP contribution in [0.1, 0.15) is 29.1 Å². The molecule has 21 heavy (non-hydrogen) atoms. The number of nitrogens with two attached hydrogens (primary N) is 1. The zero-order chi connectivity index (χ0) is 15.2. The van der Waals surface area contributed by atoms with Crippen LogP contribution in [0.5, 0.6) is 0 Å². The van der Waals surface area contributed by atoms with Crippen LogP contribution >= 0.6 is 11.3 Å². The minimum absolute atomic E-state index is 0.255. The van der Waals surface area contributed by atoms with E-state index < -0.39 is 0 Å². The zero-order valence-electron chi connectivity index (χ0n) is 12.8. The first-order valence-corrected chi connectivity index (χ1v) is 8.34. The van der Waals surface area contributed by atoms with Crippen molar-refractivity contribution in [2.24, 2.45) is 5.73 Å². The molecule has 1 aliphatic heterocycles. The van der Waals surface area contributed by atoms with Crippen LogP contribution in [0.4, 0.5) is 0 Å². The highest BCUT2D eigenvalue weighted by Gasteiger charge is 2.25. The molecule has 5 nitrogen and oxygen atoms in total. The smallest absolute Gasteiger partial charge is 0.234 e. The summed E-state index contributed by atoms with van der Waals surface area (Å²) in [4.78, 5) is 16.5. The second kappa shape index (κ2) is 7.89. The number of carbonyl (C=O) groups excluding carboxylic acids is 1. The van der Waals surface area contributed by atoms with Gasteiger partial charge in [0.25, 0.3) is 0 Å². The van der Waals surface area contributed by atoms with Gasteiger partial charge in [-0.3, -0.25) is 9.69 Å². The Balaban J connectivity index is 2.06. The summed E-state index contributed by atoms with van der Waals surface area (Å²) in [7, 11) is 0. The molecule has 1 amide bonds. The lowest BCUT2D eigenvalue weighted by Crippen LogP contribution is -2.47. The summed E-state index contributed by atoms with van der Waals surface area (Å²) in [6.07, 6.45) is 0.717. The first-order valence-electron chi connectivity index (χ1n) is 7.52. The molecule has 118 valence electrons. The second-order valence-corrected chi connectivity index (χ2v) is 6.70. The van der Waals surface area contributed by atoms with Crippen LogP contribution in [0, 0.1) is 6.92 Å². The van der Waals surface area contributed by atoms with E-state index in [-0.39, 0.29) is 18.0 Å². The number of thiophene rings is 1. The Kier molecular flexibility index (Phi) is 6.17. The van der Waals surface area contributed by atoms with Crippen molar-refractivity contribution in [2.75, 3.05) is 32.8 Å². The number of rotatable bonds is 7. The highest BCUT2D eigenvalue weighted by molar-refractivity contribution is 7.12. The van der Waals surface area contributed by atoms with E-state index in [0.717, 1.165) is 32.8 Å². The maximum absolute atomic E-state index is 11.4. The fraction of sp³-hybridized carbons (Fsp3) is 0.667. The molecule has 1 aliphatic rings. The molecule has 0 unspecified atom stereocenters. The summed E-state index contributed by atoms with van der Waals surface area (Å²) in [5.74, 6) is -0.277. The monoisotopic (exact) mass is 311 g/mol. The first-order chi connectivity index (χ1) is 10.1. The van der Waals surface area contributed by atoms with Gasteiger partial charge < -0.3 is 15.8 Å². The van der Waals surface area contributed by atoms with Gasteiger partial charge in [0.2, 0.25) is 5.91 Å². The number of ether oxygens (including phenoxy) is 1. The van der Waals surface area contributed by atoms with Gasteiger partial charge in [-0.1, -0.05) is 6.92 Å². The van der Waals surface area contributed by atoms with E-state index in [4.69, 9.17) is 10.5 Å². The number of nitrogens with one attached hydrogen (secondary N) is 1. The average Bonchev–Trinajstić information content (AvgIpc) is 2.90. The standard InChI is InChI=1S/C15H25N3O2S/c1-3-12(15(16)19)17-10-13(14-5-4-11(2)21-14)18-6-8-20-9-7-18/h4-5,12-13,17H,3,6-10H2,1-2H3,(H2,16,19)/t12-,13-/m0/s1. The van der Waals surface area contributed by atoms with Crippen molar-refractivity contribution in [3.63, 3.8) is 0 Å². The highest BCUT2D eigenvalue weighted by Crippen LogP contribution is 2.28. The fourth-order valence-corrected chi connectivity index (χ4v) is 3.64. The van der Waals surface area contributed by atoms with Gasteiger partial charge in [-0.25, -0.2) is 0 Å². The third-order valence-electron chi connectivity index (χ3n) is 3.89. The van der Waals surface area contributed by atoms with E-state index in [1.807, 2.05) is 18.3 Å². The predicted octanol–water partition coefficient (Wildman–Crippen LogP) is 1.28. The summed E-state index contributed by atoms with van der Waals surface area (Å²) >= 11 is 1.82. The highest BCUT2D eigenvalue weighted by atomic mass is 32.1. The molecule has 1 fully saturated rings. The Hall–Kier alpha value is -0.950. The first kappa shape index (κ1) is 16.4. The van der Waals surface area contributed by atoms with Gasteiger partial charge in [0.15, 0.2) is 0 Å². The molecule has 3 N–H and O–H groups in total. The number of morpholine rings is 1. The largest absolute Gasteiger partial charge is 0.379 e. The maximum atomic E-state index is 11.4. The van der Waals surface area contributed by atoms with Crippen LogP contribution in [0.25, 0.3) is 0 Å². The van der Waals surface area contributed by atoms with Crippen molar-refractivity contribution in [1.29, 1.82) is 0 Å². The minimum Gasteiger partial charge on any atom is -0.379 e. The Morgan fingerprint density at radius 1 is 1.48 bits per heavy atom. The fourth-order valence-electron chi connectivity index (χ4n) is 2.63. The van der Waals surface area contributed by atoms with E-state index in [2.05, 4.69) is 29.3 Å². The Labute approximate surface area is 130 Å². The van der Waals surface area contributed by atoms with E-state index >= 15 is 0 Å². The van der Waals surface area contributed by atoms with Crippen LogP contribution < -0.4 is 11.1 Å². The molecular formula is C15H25N3O2S. The van der Waals surface area contributed by atoms with E-state index in [9.17, 15) is 4.79 Å². The number of nitrogens with zero attached hydrogens (tertiary/aromatic N) is 1. The third-order valence-corrected chi connectivity index (χ3v) is 4.99. The SMILES string of the molecule is CC[C@H](NC[C@@H](c1ccc(C)s1)N1CCOCC1)C(N)=O. The lowest BCUT2D eigenvalue weighted by molar-refractivity contribution is -0.120. The lowest BCUT2D eigenvalue weighted by Gasteiger charge is -2.34. The molecule has 0 saturated carbocycles. The number of hydrogen-bond donors (Lipinski definition) is 2. The molecule has 1 aromatic heterocycles. The Bertz CT molecular complexity index is 458. The molecule has 2 atom stereocenters. The van der Waals surface area contributed by atoms with E-state index in [1.54, 1.807) is 0 Å². The number of amides is 1. The molecular weight excluding hydrogens is 286 g/mol. The van der Waals surface area contributed by atoms with Crippen LogP contribution in [-0.4, -0.2) is 49.7 Å². The number of hydrogen-bond acceptors (Lipinski definition) is 5. The molecule has 2 heterocycles. The maximum Gasteiger partial charge on any atom is 0.234 e. The van der Waals surface area contributed by atoms with Gasteiger partial charge >= 0.3 is 0 Å². The van der Waals surface area contributed by atoms with Crippen LogP contribution in [0.15, 0.2) is 12.1 Å². The summed E-state index contributed by atoms with van der Waals surface area (Å²) in [6, 6.07) is 4.36. The number of carbonyl (C=O) groups is 1. The summed E-state index contributed by atoms with van der Waals surface area (Å²) in [5, 5.41) is 3.32. The lowest BCUT2D eigenvalue weighted by atomic mass is 10.1. The van der Waals surface area contributed by atoms with Gasteiger partial charge in [-0.2, -0.15) is 0 Å². The van der Waals surface area contributed by atoms with Crippen molar-refractivity contribution < 1.29 is 9.53 Å². The van der Waals surface area contributed by atoms with E-state index in [1.165, 1.54) is 9.75 Å². The second-order valence-electron chi connectivity index (χ2n) is 5.38. The minimum atomic E-state index is -0.277. The number of primary amides is 1. The summed E-state index contributed by atoms with van der Waals surface area (Å²) in [6.45, 7) is 8.23. The molecule has 1 saturated heterocycles. The van der Waals surface area contributed by atoms with Gasteiger partial charge in [0.1, 0.15) is 0 Å². The van der Waals surface area contributed by atoms with E-state index in [0.29, 0.717) is 6.42 Å². The van der Waals surface area contributed by atoms with Gasteiger partial charge in [0.05, 0.1) is 25.3 Å². The Morgan fingerprint density at radius 3 is 2.71 bits per heavy atom. The molecule has 6 heteroatoms. The van der Waals surface area contributed by atoms with Crippen molar-refractivity contribution in [2.45, 2.75) is 32.4 Å². The van der Waals surface area contributed by atoms with Gasteiger partial charge in [-0.05, 0) is 25.5 Å². The predicted molar refractivity (Wildman–Crippen MR) is 85.5 cm³/mol. The quantitative estimate of drug-likeness (QED) is 0.796. The number of aryl methyl sites for hydroxylation is 1. The molecule has 2 rings (SSSR count). The topological polar surface area (TPSA) is 67.6 Å².